The van der Waals surface area contributed by atoms with Crippen LogP contribution in [0.1, 0.15) is 36.3 Å². The van der Waals surface area contributed by atoms with Gasteiger partial charge in [0.2, 0.25) is 5.95 Å². The molecule has 1 unspecified atom stereocenters. The highest BCUT2D eigenvalue weighted by molar-refractivity contribution is 5.88. The lowest BCUT2D eigenvalue weighted by atomic mass is 10.1. The Labute approximate surface area is 102 Å². The first-order valence-electron chi connectivity index (χ1n) is 5.73. The van der Waals surface area contributed by atoms with Crippen LogP contribution in [0.15, 0.2) is 6.20 Å². The lowest BCUT2D eigenvalue weighted by Crippen LogP contribution is -2.26. The molecule has 0 spiro atoms. The molecule has 1 atom stereocenters. The smallest absolute Gasteiger partial charge is 0.339 e. The highest BCUT2D eigenvalue weighted by Crippen LogP contribution is 2.12. The number of nitrogens with zero attached hydrogens (tertiary/aromatic N) is 3. The van der Waals surface area contributed by atoms with Gasteiger partial charge in [0, 0.05) is 19.8 Å². The molecule has 17 heavy (non-hydrogen) atoms. The second-order valence-corrected chi connectivity index (χ2v) is 4.37. The molecule has 0 saturated heterocycles. The minimum Gasteiger partial charge on any atom is -0.478 e. The zero-order valence-electron chi connectivity index (χ0n) is 10.8. The van der Waals surface area contributed by atoms with E-state index in [4.69, 9.17) is 5.11 Å². The molecule has 0 saturated carbocycles. The topological polar surface area (TPSA) is 66.3 Å². The van der Waals surface area contributed by atoms with E-state index < -0.39 is 5.97 Å². The standard InChI is InChI=1S/C12H19N3O2/c1-5-8(2)7-15(4)12-13-6-10(11(16)17)9(3)14-12/h6,8H,5,7H2,1-4H3,(H,16,17). The molecule has 0 radical (unpaired) electrons. The molecule has 0 aromatic carbocycles. The molecule has 94 valence electrons. The van der Waals surface area contributed by atoms with E-state index in [0.717, 1.165) is 13.0 Å². The van der Waals surface area contributed by atoms with E-state index in [1.165, 1.54) is 6.20 Å². The summed E-state index contributed by atoms with van der Waals surface area (Å²) in [5.41, 5.74) is 0.657. The lowest BCUT2D eigenvalue weighted by molar-refractivity contribution is 0.0695. The molecule has 0 aliphatic rings. The molecule has 0 aliphatic heterocycles. The molecule has 0 bridgehead atoms. The Balaban J connectivity index is 2.86. The maximum atomic E-state index is 10.8. The first-order valence-corrected chi connectivity index (χ1v) is 5.73. The molecule has 0 aliphatic carbocycles. The minimum absolute atomic E-state index is 0.158. The van der Waals surface area contributed by atoms with Crippen molar-refractivity contribution in [2.24, 2.45) is 5.92 Å². The van der Waals surface area contributed by atoms with E-state index in [2.05, 4.69) is 23.8 Å². The summed E-state index contributed by atoms with van der Waals surface area (Å²) in [5, 5.41) is 8.89. The third-order valence-corrected chi connectivity index (χ3v) is 2.82. The SMILES string of the molecule is CCC(C)CN(C)c1ncc(C(=O)O)c(C)n1. The summed E-state index contributed by atoms with van der Waals surface area (Å²) in [7, 11) is 1.92. The summed E-state index contributed by atoms with van der Waals surface area (Å²) in [5.74, 6) is 0.148. The van der Waals surface area contributed by atoms with E-state index in [1.807, 2.05) is 11.9 Å². The van der Waals surface area contributed by atoms with Gasteiger partial charge in [0.05, 0.1) is 11.3 Å². The van der Waals surface area contributed by atoms with Crippen molar-refractivity contribution in [1.82, 2.24) is 9.97 Å². The number of aromatic carboxylic acids is 1. The number of carboxylic acids is 1. The van der Waals surface area contributed by atoms with Crippen LogP contribution >= 0.6 is 0 Å². The Morgan fingerprint density at radius 2 is 2.24 bits per heavy atom. The molecule has 1 heterocycles. The van der Waals surface area contributed by atoms with Crippen LogP contribution in [0.25, 0.3) is 0 Å². The number of hydrogen-bond acceptors (Lipinski definition) is 4. The van der Waals surface area contributed by atoms with Gasteiger partial charge in [-0.15, -0.1) is 0 Å². The van der Waals surface area contributed by atoms with E-state index in [-0.39, 0.29) is 5.56 Å². The van der Waals surface area contributed by atoms with Crippen molar-refractivity contribution < 1.29 is 9.90 Å². The van der Waals surface area contributed by atoms with Crippen LogP contribution in [0.5, 0.6) is 0 Å². The summed E-state index contributed by atoms with van der Waals surface area (Å²) in [6.45, 7) is 6.85. The van der Waals surface area contributed by atoms with E-state index in [1.54, 1.807) is 6.92 Å². The zero-order valence-corrected chi connectivity index (χ0v) is 10.8. The largest absolute Gasteiger partial charge is 0.478 e. The number of rotatable bonds is 5. The van der Waals surface area contributed by atoms with Gasteiger partial charge in [-0.2, -0.15) is 0 Å². The summed E-state index contributed by atoms with van der Waals surface area (Å²) < 4.78 is 0. The van der Waals surface area contributed by atoms with E-state index in [0.29, 0.717) is 17.6 Å². The Morgan fingerprint density at radius 1 is 1.59 bits per heavy atom. The summed E-state index contributed by atoms with van der Waals surface area (Å²) in [6.07, 6.45) is 2.46. The van der Waals surface area contributed by atoms with Crippen molar-refractivity contribution in [3.8, 4) is 0 Å². The quantitative estimate of drug-likeness (QED) is 0.848. The first kappa shape index (κ1) is 13.4. The van der Waals surface area contributed by atoms with E-state index >= 15 is 0 Å². The fourth-order valence-electron chi connectivity index (χ4n) is 1.53. The Kier molecular flexibility index (Phi) is 4.43. The molecule has 1 rings (SSSR count). The number of carboxylic acid groups (broad SMARTS) is 1. The highest BCUT2D eigenvalue weighted by atomic mass is 16.4. The van der Waals surface area contributed by atoms with Gasteiger partial charge in [0.1, 0.15) is 0 Å². The number of aromatic nitrogens is 2. The van der Waals surface area contributed by atoms with Gasteiger partial charge in [0.25, 0.3) is 0 Å². The normalized spacial score (nSPS) is 12.2. The summed E-state index contributed by atoms with van der Waals surface area (Å²) >= 11 is 0. The predicted octanol–water partition coefficient (Wildman–Crippen LogP) is 1.97. The van der Waals surface area contributed by atoms with Gasteiger partial charge in [-0.05, 0) is 12.8 Å². The molecule has 0 amide bonds. The number of carbonyl (C=O) groups is 1. The van der Waals surface area contributed by atoms with E-state index in [9.17, 15) is 4.79 Å². The van der Waals surface area contributed by atoms with Gasteiger partial charge in [-0.25, -0.2) is 14.8 Å². The van der Waals surface area contributed by atoms with Crippen LogP contribution in [0.3, 0.4) is 0 Å². The van der Waals surface area contributed by atoms with Crippen LogP contribution in [-0.2, 0) is 0 Å². The van der Waals surface area contributed by atoms with Crippen molar-refractivity contribution in [3.05, 3.63) is 17.5 Å². The zero-order chi connectivity index (χ0) is 13.0. The molecule has 1 aromatic heterocycles. The third kappa shape index (κ3) is 3.41. The second kappa shape index (κ2) is 5.61. The summed E-state index contributed by atoms with van der Waals surface area (Å²) in [6, 6.07) is 0. The van der Waals surface area contributed by atoms with Crippen molar-refractivity contribution in [2.45, 2.75) is 27.2 Å². The lowest BCUT2D eigenvalue weighted by Gasteiger charge is -2.21. The minimum atomic E-state index is -0.987. The number of anilines is 1. The van der Waals surface area contributed by atoms with Gasteiger partial charge in [-0.3, -0.25) is 0 Å². The van der Waals surface area contributed by atoms with Crippen LogP contribution in [0.2, 0.25) is 0 Å². The molecule has 1 aromatic rings. The molecule has 1 N–H and O–H groups in total. The molecule has 0 fully saturated rings. The van der Waals surface area contributed by atoms with Crippen LogP contribution in [0, 0.1) is 12.8 Å². The van der Waals surface area contributed by atoms with Gasteiger partial charge >= 0.3 is 5.97 Å². The number of hydrogen-bond donors (Lipinski definition) is 1. The monoisotopic (exact) mass is 237 g/mol. The van der Waals surface area contributed by atoms with Gasteiger partial charge < -0.3 is 10.0 Å². The molecular formula is C12H19N3O2. The Morgan fingerprint density at radius 3 is 2.71 bits per heavy atom. The van der Waals surface area contributed by atoms with Gasteiger partial charge in [-0.1, -0.05) is 20.3 Å². The fraction of sp³-hybridized carbons (Fsp3) is 0.583. The number of aryl methyl sites for hydroxylation is 1. The fourth-order valence-corrected chi connectivity index (χ4v) is 1.53. The first-order chi connectivity index (χ1) is 7.95. The highest BCUT2D eigenvalue weighted by Gasteiger charge is 2.13. The molecular weight excluding hydrogens is 218 g/mol. The van der Waals surface area contributed by atoms with Crippen molar-refractivity contribution >= 4 is 11.9 Å². The Bertz CT molecular complexity index is 407. The summed E-state index contributed by atoms with van der Waals surface area (Å²) in [4.78, 5) is 21.1. The van der Waals surface area contributed by atoms with Crippen molar-refractivity contribution in [3.63, 3.8) is 0 Å². The second-order valence-electron chi connectivity index (χ2n) is 4.37. The average molecular weight is 237 g/mol. The van der Waals surface area contributed by atoms with Crippen molar-refractivity contribution in [1.29, 1.82) is 0 Å². The van der Waals surface area contributed by atoms with Crippen LogP contribution in [-0.4, -0.2) is 34.6 Å². The maximum absolute atomic E-state index is 10.8. The predicted molar refractivity (Wildman–Crippen MR) is 66.5 cm³/mol. The molecule has 5 nitrogen and oxygen atoms in total. The third-order valence-electron chi connectivity index (χ3n) is 2.82. The van der Waals surface area contributed by atoms with Crippen LogP contribution in [0.4, 0.5) is 5.95 Å². The molecule has 5 heteroatoms. The Hall–Kier alpha value is -1.65. The van der Waals surface area contributed by atoms with Crippen molar-refractivity contribution in [2.75, 3.05) is 18.5 Å². The average Bonchev–Trinajstić information content (AvgIpc) is 2.28. The van der Waals surface area contributed by atoms with Crippen LogP contribution < -0.4 is 4.90 Å². The maximum Gasteiger partial charge on any atom is 0.339 e. The van der Waals surface area contributed by atoms with Gasteiger partial charge in [0.15, 0.2) is 0 Å².